The zero-order valence-electron chi connectivity index (χ0n) is 15.2. The quantitative estimate of drug-likeness (QED) is 0.719. The molecule has 5 heteroatoms. The molecule has 3 aliphatic rings. The van der Waals surface area contributed by atoms with Crippen molar-refractivity contribution in [1.82, 2.24) is 20.6 Å². The van der Waals surface area contributed by atoms with Crippen LogP contribution in [0.2, 0.25) is 0 Å². The van der Waals surface area contributed by atoms with Crippen molar-refractivity contribution in [3.05, 3.63) is 30.1 Å². The number of H-pyrrole nitrogens is 1. The van der Waals surface area contributed by atoms with Gasteiger partial charge >= 0.3 is 6.03 Å². The average molecular weight is 352 g/mol. The van der Waals surface area contributed by atoms with E-state index in [9.17, 15) is 4.79 Å². The third kappa shape index (κ3) is 2.87. The number of fused-ring (bicyclic) bond motifs is 6. The van der Waals surface area contributed by atoms with Crippen LogP contribution in [0.15, 0.2) is 24.3 Å². The van der Waals surface area contributed by atoms with Crippen LogP contribution in [0.3, 0.4) is 0 Å². The molecule has 3 saturated carbocycles. The van der Waals surface area contributed by atoms with Crippen molar-refractivity contribution in [3.63, 3.8) is 0 Å². The molecule has 5 atom stereocenters. The van der Waals surface area contributed by atoms with Crippen LogP contribution in [0.5, 0.6) is 0 Å². The highest BCUT2D eigenvalue weighted by Gasteiger charge is 2.53. The molecular formula is C21H28N4O. The number of hydrogen-bond donors (Lipinski definition) is 3. The molecule has 3 N–H and O–H groups in total. The number of aryl methyl sites for hydroxylation is 1. The zero-order valence-corrected chi connectivity index (χ0v) is 15.2. The number of amides is 2. The van der Waals surface area contributed by atoms with E-state index in [0.717, 1.165) is 53.4 Å². The maximum Gasteiger partial charge on any atom is 0.315 e. The van der Waals surface area contributed by atoms with E-state index in [1.54, 1.807) is 0 Å². The number of aromatic amines is 1. The van der Waals surface area contributed by atoms with E-state index in [4.69, 9.17) is 0 Å². The Morgan fingerprint density at radius 3 is 2.96 bits per heavy atom. The van der Waals surface area contributed by atoms with Gasteiger partial charge in [-0.3, -0.25) is 0 Å². The molecular weight excluding hydrogens is 324 g/mol. The van der Waals surface area contributed by atoms with Gasteiger partial charge in [0.2, 0.25) is 0 Å². The molecule has 2 aromatic rings. The number of carbonyl (C=O) groups is 1. The van der Waals surface area contributed by atoms with Crippen molar-refractivity contribution in [2.75, 3.05) is 6.54 Å². The lowest BCUT2D eigenvalue weighted by Crippen LogP contribution is -2.47. The molecule has 26 heavy (non-hydrogen) atoms. The Hall–Kier alpha value is -2.04. The van der Waals surface area contributed by atoms with Gasteiger partial charge in [-0.2, -0.15) is 0 Å². The first-order chi connectivity index (χ1) is 12.8. The fourth-order valence-corrected chi connectivity index (χ4v) is 6.04. The highest BCUT2D eigenvalue weighted by molar-refractivity contribution is 5.75. The maximum absolute atomic E-state index is 12.3. The van der Waals surface area contributed by atoms with Crippen LogP contribution in [0.4, 0.5) is 4.79 Å². The average Bonchev–Trinajstić information content (AvgIpc) is 3.38. The number of rotatable bonds is 5. The Morgan fingerprint density at radius 1 is 1.15 bits per heavy atom. The molecule has 5 rings (SSSR count). The van der Waals surface area contributed by atoms with Gasteiger partial charge in [-0.05, 0) is 67.9 Å². The second-order valence-corrected chi connectivity index (χ2v) is 8.46. The molecule has 1 aromatic carbocycles. The van der Waals surface area contributed by atoms with Crippen molar-refractivity contribution in [3.8, 4) is 0 Å². The van der Waals surface area contributed by atoms with Crippen molar-refractivity contribution >= 4 is 17.1 Å². The van der Waals surface area contributed by atoms with E-state index >= 15 is 0 Å². The molecule has 0 spiro atoms. The number of para-hydroxylation sites is 2. The van der Waals surface area contributed by atoms with Crippen LogP contribution in [-0.4, -0.2) is 28.6 Å². The van der Waals surface area contributed by atoms with Gasteiger partial charge in [0.05, 0.1) is 11.0 Å². The highest BCUT2D eigenvalue weighted by Crippen LogP contribution is 2.58. The molecule has 1 aromatic heterocycles. The molecule has 3 fully saturated rings. The summed E-state index contributed by atoms with van der Waals surface area (Å²) in [5, 5.41) is 6.31. The monoisotopic (exact) mass is 352 g/mol. The van der Waals surface area contributed by atoms with Crippen molar-refractivity contribution in [1.29, 1.82) is 0 Å². The molecule has 0 aliphatic heterocycles. The normalized spacial score (nSPS) is 32.1. The van der Waals surface area contributed by atoms with Gasteiger partial charge in [-0.25, -0.2) is 9.78 Å². The Morgan fingerprint density at radius 2 is 2.04 bits per heavy atom. The van der Waals surface area contributed by atoms with Gasteiger partial charge in [-0.1, -0.05) is 18.6 Å². The Labute approximate surface area is 154 Å². The molecule has 2 bridgehead atoms. The standard InChI is InChI=1S/C21H28N4O/c26-21(25-19-12-13-11-16(19)15-6-3-5-14(13)15)22-10-4-9-20-23-17-7-1-2-8-18(17)24-20/h1-2,7-8,13-16,19H,3-6,9-12H2,(H,23,24)(H2,22,25,26)/t13-,14-,15-,16+,19-/m1/s1. The number of urea groups is 1. The smallest absolute Gasteiger partial charge is 0.315 e. The van der Waals surface area contributed by atoms with Crippen LogP contribution in [0, 0.1) is 23.7 Å². The van der Waals surface area contributed by atoms with Crippen LogP contribution in [0.25, 0.3) is 11.0 Å². The first-order valence-electron chi connectivity index (χ1n) is 10.3. The number of hydrogen-bond acceptors (Lipinski definition) is 2. The third-order valence-electron chi connectivity index (χ3n) is 7.06. The summed E-state index contributed by atoms with van der Waals surface area (Å²) in [6.45, 7) is 0.690. The summed E-state index contributed by atoms with van der Waals surface area (Å²) in [5.41, 5.74) is 2.09. The first-order valence-corrected chi connectivity index (χ1v) is 10.3. The summed E-state index contributed by atoms with van der Waals surface area (Å²) < 4.78 is 0. The topological polar surface area (TPSA) is 69.8 Å². The highest BCUT2D eigenvalue weighted by atomic mass is 16.2. The van der Waals surface area contributed by atoms with Gasteiger partial charge in [0, 0.05) is 19.0 Å². The number of benzene rings is 1. The molecule has 0 unspecified atom stereocenters. The predicted molar refractivity (Wildman–Crippen MR) is 102 cm³/mol. The number of carbonyl (C=O) groups excluding carboxylic acids is 1. The molecule has 2 amide bonds. The lowest BCUT2D eigenvalue weighted by Gasteiger charge is -2.32. The minimum absolute atomic E-state index is 0.0155. The maximum atomic E-state index is 12.3. The summed E-state index contributed by atoms with van der Waals surface area (Å²) in [6.07, 6.45) is 8.55. The van der Waals surface area contributed by atoms with E-state index in [-0.39, 0.29) is 6.03 Å². The predicted octanol–water partition coefficient (Wildman–Crippen LogP) is 3.62. The second kappa shape index (κ2) is 6.60. The fraction of sp³-hybridized carbons (Fsp3) is 0.619. The number of nitrogens with zero attached hydrogens (tertiary/aromatic N) is 1. The molecule has 138 valence electrons. The minimum Gasteiger partial charge on any atom is -0.342 e. The van der Waals surface area contributed by atoms with Gasteiger partial charge in [0.1, 0.15) is 5.82 Å². The third-order valence-corrected chi connectivity index (χ3v) is 7.06. The number of aromatic nitrogens is 2. The van der Waals surface area contributed by atoms with Crippen LogP contribution in [0.1, 0.15) is 44.3 Å². The number of nitrogens with one attached hydrogen (secondary N) is 3. The zero-order chi connectivity index (χ0) is 17.5. The summed E-state index contributed by atoms with van der Waals surface area (Å²) in [5.74, 6) is 4.49. The van der Waals surface area contributed by atoms with Crippen LogP contribution >= 0.6 is 0 Å². The van der Waals surface area contributed by atoms with Gasteiger partial charge < -0.3 is 15.6 Å². The number of imidazole rings is 1. The first kappa shape index (κ1) is 16.2. The second-order valence-electron chi connectivity index (χ2n) is 8.46. The Kier molecular flexibility index (Phi) is 4.10. The minimum atomic E-state index is 0.0155. The molecule has 0 saturated heterocycles. The van der Waals surface area contributed by atoms with Crippen molar-refractivity contribution in [2.45, 2.75) is 51.0 Å². The molecule has 1 heterocycles. The lowest BCUT2D eigenvalue weighted by atomic mass is 9.79. The van der Waals surface area contributed by atoms with E-state index in [2.05, 4.69) is 20.6 Å². The largest absolute Gasteiger partial charge is 0.342 e. The lowest BCUT2D eigenvalue weighted by molar-refractivity contribution is 0.198. The Bertz CT molecular complexity index is 767. The summed E-state index contributed by atoms with van der Waals surface area (Å²) in [7, 11) is 0. The van der Waals surface area contributed by atoms with E-state index in [1.807, 2.05) is 24.3 Å². The van der Waals surface area contributed by atoms with Crippen LogP contribution < -0.4 is 10.6 Å². The van der Waals surface area contributed by atoms with E-state index < -0.39 is 0 Å². The Balaban J connectivity index is 1.06. The van der Waals surface area contributed by atoms with E-state index in [1.165, 1.54) is 32.1 Å². The molecule has 5 nitrogen and oxygen atoms in total. The van der Waals surface area contributed by atoms with Crippen LogP contribution in [-0.2, 0) is 6.42 Å². The summed E-state index contributed by atoms with van der Waals surface area (Å²) >= 11 is 0. The summed E-state index contributed by atoms with van der Waals surface area (Å²) in [6, 6.07) is 8.51. The van der Waals surface area contributed by atoms with Gasteiger partial charge in [-0.15, -0.1) is 0 Å². The fourth-order valence-electron chi connectivity index (χ4n) is 6.04. The molecule has 0 radical (unpaired) electrons. The van der Waals surface area contributed by atoms with E-state index in [0.29, 0.717) is 12.6 Å². The van der Waals surface area contributed by atoms with Crippen molar-refractivity contribution in [2.24, 2.45) is 23.7 Å². The van der Waals surface area contributed by atoms with Crippen molar-refractivity contribution < 1.29 is 4.79 Å². The molecule has 3 aliphatic carbocycles. The SMILES string of the molecule is O=C(NCCCc1nc2ccccc2[nH]1)N[C@@H]1C[C@H]2C[C@H]1[C@@H]1CCC[C@H]21. The van der Waals surface area contributed by atoms with Gasteiger partial charge in [0.25, 0.3) is 0 Å². The summed E-state index contributed by atoms with van der Waals surface area (Å²) in [4.78, 5) is 20.2. The van der Waals surface area contributed by atoms with Gasteiger partial charge in [0.15, 0.2) is 0 Å².